The van der Waals surface area contributed by atoms with Crippen molar-refractivity contribution in [2.24, 2.45) is 0 Å². The maximum absolute atomic E-state index is 10.0. The Morgan fingerprint density at radius 2 is 1.21 bits per heavy atom. The van der Waals surface area contributed by atoms with Crippen LogP contribution in [-0.2, 0) is 19.2 Å². The highest BCUT2D eigenvalue weighted by Crippen LogP contribution is 2.15. The van der Waals surface area contributed by atoms with Gasteiger partial charge in [0, 0.05) is 30.0 Å². The van der Waals surface area contributed by atoms with Crippen LogP contribution in [0.4, 0.5) is 5.69 Å². The lowest BCUT2D eigenvalue weighted by molar-refractivity contribution is -0.125. The van der Waals surface area contributed by atoms with E-state index in [4.69, 9.17) is 0 Å². The molecule has 4 rings (SSSR count). The normalized spacial score (nSPS) is 18.7. The minimum atomic E-state index is -0.329. The van der Waals surface area contributed by atoms with Gasteiger partial charge >= 0.3 is 0 Å². The van der Waals surface area contributed by atoms with E-state index in [0.717, 1.165) is 11.3 Å². The first kappa shape index (κ1) is 20.3. The topological polar surface area (TPSA) is 104 Å². The van der Waals surface area contributed by atoms with E-state index < -0.39 is 0 Å². The van der Waals surface area contributed by atoms with Gasteiger partial charge in [0.2, 0.25) is 0 Å². The Morgan fingerprint density at radius 3 is 1.61 bits per heavy atom. The van der Waals surface area contributed by atoms with Gasteiger partial charge in [0.15, 0.2) is 0 Å². The summed E-state index contributed by atoms with van der Waals surface area (Å²) in [6.07, 6.45) is 13.0. The Bertz CT molecular complexity index is 827. The number of carbonyl (C=O) groups is 4. The van der Waals surface area contributed by atoms with Gasteiger partial charge in [0.25, 0.3) is 23.6 Å². The fraction of sp³-hybridized carbons (Fsp3) is 0.0476. The summed E-state index contributed by atoms with van der Waals surface area (Å²) in [5, 5.41) is 7.45. The first-order valence-electron chi connectivity index (χ1n) is 8.35. The Morgan fingerprint density at radius 1 is 0.714 bits per heavy atom. The van der Waals surface area contributed by atoms with Crippen LogP contribution in [0.1, 0.15) is 0 Å². The van der Waals surface area contributed by atoms with Crippen LogP contribution in [0, 0.1) is 0 Å². The molecule has 7 heteroatoms. The molecule has 2 heterocycles. The molecule has 0 radical (unpaired) electrons. The van der Waals surface area contributed by atoms with Gasteiger partial charge < -0.3 is 5.32 Å². The zero-order valence-corrected chi connectivity index (χ0v) is 14.9. The minimum Gasteiger partial charge on any atom is -0.375 e. The molecule has 0 saturated carbocycles. The fourth-order valence-electron chi connectivity index (χ4n) is 2.15. The molecule has 3 N–H and O–H groups in total. The van der Waals surface area contributed by atoms with Gasteiger partial charge in [0.05, 0.1) is 6.04 Å². The van der Waals surface area contributed by atoms with E-state index in [1.165, 1.54) is 24.3 Å². The lowest BCUT2D eigenvalue weighted by Crippen LogP contribution is -2.19. The molecule has 0 saturated heterocycles. The number of para-hydroxylation sites is 1. The summed E-state index contributed by atoms with van der Waals surface area (Å²) in [6, 6.07) is 10.4. The summed E-state index contributed by atoms with van der Waals surface area (Å²) < 4.78 is 0. The number of imide groups is 2. The summed E-state index contributed by atoms with van der Waals surface area (Å²) in [4.78, 5) is 40.1. The predicted molar refractivity (Wildman–Crippen MR) is 106 cm³/mol. The van der Waals surface area contributed by atoms with Gasteiger partial charge in [0.1, 0.15) is 0 Å². The monoisotopic (exact) mass is 377 g/mol. The van der Waals surface area contributed by atoms with Crippen LogP contribution < -0.4 is 16.0 Å². The van der Waals surface area contributed by atoms with Crippen molar-refractivity contribution in [2.75, 3.05) is 5.32 Å². The van der Waals surface area contributed by atoms with Crippen molar-refractivity contribution < 1.29 is 19.2 Å². The molecule has 1 atom stereocenters. The Hall–Kier alpha value is -4.00. The first-order chi connectivity index (χ1) is 13.4. The molecule has 1 aromatic carbocycles. The fourth-order valence-corrected chi connectivity index (χ4v) is 2.15. The van der Waals surface area contributed by atoms with Crippen molar-refractivity contribution in [1.82, 2.24) is 10.6 Å². The average Bonchev–Trinajstić information content (AvgIpc) is 3.25. The molecule has 1 aromatic rings. The second-order valence-electron chi connectivity index (χ2n) is 5.68. The van der Waals surface area contributed by atoms with Crippen LogP contribution in [0.25, 0.3) is 0 Å². The lowest BCUT2D eigenvalue weighted by Gasteiger charge is -2.18. The highest BCUT2D eigenvalue weighted by Gasteiger charge is 2.08. The Balaban J connectivity index is 0.000000168. The van der Waals surface area contributed by atoms with E-state index >= 15 is 0 Å². The van der Waals surface area contributed by atoms with E-state index in [1.807, 2.05) is 47.1 Å². The molecule has 1 aliphatic carbocycles. The minimum absolute atomic E-state index is 0.224. The largest absolute Gasteiger partial charge is 0.375 e. The van der Waals surface area contributed by atoms with E-state index in [0.29, 0.717) is 0 Å². The molecule has 0 spiro atoms. The van der Waals surface area contributed by atoms with E-state index in [9.17, 15) is 19.2 Å². The molecular formula is C21H19N3O4. The van der Waals surface area contributed by atoms with Gasteiger partial charge in [-0.3, -0.25) is 29.8 Å². The van der Waals surface area contributed by atoms with E-state index in [2.05, 4.69) is 30.1 Å². The zero-order chi connectivity index (χ0) is 20.4. The molecule has 142 valence electrons. The summed E-state index contributed by atoms with van der Waals surface area (Å²) in [6.45, 7) is 3.99. The summed E-state index contributed by atoms with van der Waals surface area (Å²) >= 11 is 0. The van der Waals surface area contributed by atoms with Crippen LogP contribution in [-0.4, -0.2) is 29.7 Å². The van der Waals surface area contributed by atoms with Crippen LogP contribution in [0.2, 0.25) is 0 Å². The van der Waals surface area contributed by atoms with Crippen molar-refractivity contribution in [3.05, 3.63) is 91.1 Å². The first-order valence-corrected chi connectivity index (χ1v) is 8.35. The molecule has 0 aromatic heterocycles. The maximum Gasteiger partial charge on any atom is 0.250 e. The van der Waals surface area contributed by atoms with Gasteiger partial charge in [-0.05, 0) is 17.7 Å². The van der Waals surface area contributed by atoms with Crippen LogP contribution in [0.3, 0.4) is 0 Å². The van der Waals surface area contributed by atoms with Crippen LogP contribution in [0.15, 0.2) is 91.1 Å². The van der Waals surface area contributed by atoms with Crippen LogP contribution >= 0.6 is 0 Å². The second kappa shape index (κ2) is 10.2. The van der Waals surface area contributed by atoms with Gasteiger partial charge in [-0.25, -0.2) is 0 Å². The highest BCUT2D eigenvalue weighted by molar-refractivity contribution is 6.13. The molecule has 2 aliphatic heterocycles. The number of nitrogens with one attached hydrogen (secondary N) is 3. The summed E-state index contributed by atoms with van der Waals surface area (Å²) in [7, 11) is 0. The number of anilines is 1. The Kier molecular flexibility index (Phi) is 7.42. The van der Waals surface area contributed by atoms with Crippen molar-refractivity contribution in [1.29, 1.82) is 0 Å². The number of rotatable bonds is 2. The number of allylic oxidation sites excluding steroid dienone is 2. The van der Waals surface area contributed by atoms with Gasteiger partial charge in [-0.2, -0.15) is 0 Å². The van der Waals surface area contributed by atoms with Crippen molar-refractivity contribution in [3.8, 4) is 0 Å². The molecule has 1 unspecified atom stereocenters. The summed E-state index contributed by atoms with van der Waals surface area (Å²) in [5.74, 6) is -1.31. The average molecular weight is 377 g/mol. The zero-order valence-electron chi connectivity index (χ0n) is 14.9. The molecule has 7 nitrogen and oxygen atoms in total. The quantitative estimate of drug-likeness (QED) is 0.679. The van der Waals surface area contributed by atoms with Crippen molar-refractivity contribution in [2.45, 2.75) is 6.04 Å². The van der Waals surface area contributed by atoms with Crippen LogP contribution in [0.5, 0.6) is 0 Å². The maximum atomic E-state index is 10.0. The molecule has 28 heavy (non-hydrogen) atoms. The summed E-state index contributed by atoms with van der Waals surface area (Å²) in [5.41, 5.74) is 2.22. The molecular weight excluding hydrogens is 358 g/mol. The van der Waals surface area contributed by atoms with Gasteiger partial charge in [-0.15, -0.1) is 0 Å². The van der Waals surface area contributed by atoms with Crippen molar-refractivity contribution in [3.63, 3.8) is 0 Å². The number of amides is 4. The highest BCUT2D eigenvalue weighted by atomic mass is 16.2. The standard InChI is InChI=1S/C13H13N.2C4H3NO2/c1-11-7-5-6-10-13(11)14-12-8-3-2-4-9-12;2*6-3-1-2-4(7)5-3/h2-10,13-14H,1H2;2*1-2H,(H,5,6,7). The lowest BCUT2D eigenvalue weighted by atomic mass is 10.0. The molecule has 3 aliphatic rings. The molecule has 4 amide bonds. The van der Waals surface area contributed by atoms with E-state index in [-0.39, 0.29) is 29.7 Å². The van der Waals surface area contributed by atoms with Crippen molar-refractivity contribution >= 4 is 29.3 Å². The predicted octanol–water partition coefficient (Wildman–Crippen LogP) is 1.55. The molecule has 0 bridgehead atoms. The smallest absolute Gasteiger partial charge is 0.250 e. The number of benzene rings is 1. The number of carbonyl (C=O) groups excluding carboxylic acids is 4. The van der Waals surface area contributed by atoms with E-state index in [1.54, 1.807) is 0 Å². The second-order valence-corrected chi connectivity index (χ2v) is 5.68. The number of hydrogen-bond donors (Lipinski definition) is 3. The Labute approximate surface area is 162 Å². The third kappa shape index (κ3) is 7.09. The molecule has 0 fully saturated rings. The SMILES string of the molecule is C=C1C=CC=CC1Nc1ccccc1.O=C1C=CC(=O)N1.O=C1C=CC(=O)N1. The third-order valence-electron chi connectivity index (χ3n) is 3.49. The number of hydrogen-bond acceptors (Lipinski definition) is 5. The third-order valence-corrected chi connectivity index (χ3v) is 3.49. The van der Waals surface area contributed by atoms with Gasteiger partial charge in [-0.1, -0.05) is 49.1 Å².